The monoisotopic (exact) mass is 285 g/mol. The predicted molar refractivity (Wildman–Crippen MR) is 82.7 cm³/mol. The minimum absolute atomic E-state index is 0.335. The third kappa shape index (κ3) is 2.61. The highest BCUT2D eigenvalue weighted by Gasteiger charge is 2.04. The van der Waals surface area contributed by atoms with Crippen molar-refractivity contribution in [3.8, 4) is 0 Å². The van der Waals surface area contributed by atoms with E-state index in [1.54, 1.807) is 12.1 Å². The molecule has 0 saturated heterocycles. The zero-order valence-electron chi connectivity index (χ0n) is 10.7. The van der Waals surface area contributed by atoms with Crippen LogP contribution < -0.4 is 5.32 Å². The minimum Gasteiger partial charge on any atom is -0.379 e. The molecule has 0 atom stereocenters. The lowest BCUT2D eigenvalue weighted by Crippen LogP contribution is -2.01. The molecule has 1 N–H and O–H groups in total. The number of hydrogen-bond acceptors (Lipinski definition) is 1. The first-order valence-electron chi connectivity index (χ1n) is 6.39. The number of halogens is 2. The third-order valence-electron chi connectivity index (χ3n) is 3.28. The largest absolute Gasteiger partial charge is 0.379 e. The Morgan fingerprint density at radius 3 is 2.60 bits per heavy atom. The summed E-state index contributed by atoms with van der Waals surface area (Å²) in [7, 11) is 0. The Balaban J connectivity index is 1.87. The summed E-state index contributed by atoms with van der Waals surface area (Å²) in [4.78, 5) is 0. The van der Waals surface area contributed by atoms with Gasteiger partial charge in [0.1, 0.15) is 5.82 Å². The fourth-order valence-corrected chi connectivity index (χ4v) is 2.43. The highest BCUT2D eigenvalue weighted by molar-refractivity contribution is 6.30. The lowest BCUT2D eigenvalue weighted by Gasteiger charge is -2.10. The van der Waals surface area contributed by atoms with Gasteiger partial charge in [0.25, 0.3) is 0 Å². The molecule has 3 aromatic rings. The van der Waals surface area contributed by atoms with E-state index in [1.807, 2.05) is 24.3 Å². The van der Waals surface area contributed by atoms with Crippen LogP contribution in [0.4, 0.5) is 10.1 Å². The van der Waals surface area contributed by atoms with E-state index in [0.717, 1.165) is 5.56 Å². The van der Waals surface area contributed by atoms with Gasteiger partial charge >= 0.3 is 0 Å². The molecule has 0 aliphatic carbocycles. The van der Waals surface area contributed by atoms with E-state index < -0.39 is 0 Å². The lowest BCUT2D eigenvalue weighted by molar-refractivity contribution is 0.630. The zero-order chi connectivity index (χ0) is 13.9. The van der Waals surface area contributed by atoms with E-state index in [1.165, 1.54) is 16.8 Å². The first-order chi connectivity index (χ1) is 9.74. The Bertz CT molecular complexity index is 750. The summed E-state index contributed by atoms with van der Waals surface area (Å²) in [6.07, 6.45) is 0. The van der Waals surface area contributed by atoms with Crippen molar-refractivity contribution in [2.45, 2.75) is 6.54 Å². The van der Waals surface area contributed by atoms with Crippen LogP contribution in [0.5, 0.6) is 0 Å². The van der Waals surface area contributed by atoms with Gasteiger partial charge in [-0.05, 0) is 34.5 Å². The smallest absolute Gasteiger partial charge is 0.147 e. The number of rotatable bonds is 3. The Morgan fingerprint density at radius 1 is 0.950 bits per heavy atom. The van der Waals surface area contributed by atoms with Crippen LogP contribution in [-0.4, -0.2) is 0 Å². The van der Waals surface area contributed by atoms with Gasteiger partial charge in [-0.3, -0.25) is 0 Å². The van der Waals surface area contributed by atoms with Crippen LogP contribution in [0.15, 0.2) is 60.7 Å². The second-order valence-electron chi connectivity index (χ2n) is 4.62. The van der Waals surface area contributed by atoms with Gasteiger partial charge in [-0.1, -0.05) is 54.1 Å². The second kappa shape index (κ2) is 5.51. The molecule has 0 spiro atoms. The summed E-state index contributed by atoms with van der Waals surface area (Å²) in [5.74, 6) is -0.335. The molecule has 0 fully saturated rings. The first kappa shape index (κ1) is 12.9. The van der Waals surface area contributed by atoms with E-state index in [4.69, 9.17) is 11.6 Å². The van der Waals surface area contributed by atoms with Crippen molar-refractivity contribution in [2.24, 2.45) is 0 Å². The van der Waals surface area contributed by atoms with Crippen molar-refractivity contribution in [1.82, 2.24) is 0 Å². The molecule has 20 heavy (non-hydrogen) atoms. The standard InChI is InChI=1S/C17H13ClFN/c18-14-8-9-17(16(19)10-14)20-11-13-6-3-5-12-4-1-2-7-15(12)13/h1-10,20H,11H2. The molecule has 0 radical (unpaired) electrons. The molecule has 3 aromatic carbocycles. The Hall–Kier alpha value is -2.06. The maximum Gasteiger partial charge on any atom is 0.147 e. The number of hydrogen-bond donors (Lipinski definition) is 1. The van der Waals surface area contributed by atoms with Gasteiger partial charge in [0, 0.05) is 11.6 Å². The van der Waals surface area contributed by atoms with Crippen LogP contribution in [0, 0.1) is 5.82 Å². The molecule has 0 aliphatic heterocycles. The quantitative estimate of drug-likeness (QED) is 0.693. The Morgan fingerprint density at radius 2 is 1.75 bits per heavy atom. The van der Waals surface area contributed by atoms with Crippen LogP contribution in [-0.2, 0) is 6.54 Å². The first-order valence-corrected chi connectivity index (χ1v) is 6.77. The van der Waals surface area contributed by atoms with Crippen LogP contribution >= 0.6 is 11.6 Å². The third-order valence-corrected chi connectivity index (χ3v) is 3.52. The molecule has 0 aliphatic rings. The maximum atomic E-state index is 13.7. The van der Waals surface area contributed by atoms with Crippen LogP contribution in [0.1, 0.15) is 5.56 Å². The van der Waals surface area contributed by atoms with E-state index in [2.05, 4.69) is 23.5 Å². The van der Waals surface area contributed by atoms with Gasteiger partial charge < -0.3 is 5.32 Å². The summed E-state index contributed by atoms with van der Waals surface area (Å²) >= 11 is 5.74. The van der Waals surface area contributed by atoms with Crippen LogP contribution in [0.25, 0.3) is 10.8 Å². The molecule has 0 aromatic heterocycles. The van der Waals surface area contributed by atoms with Crippen LogP contribution in [0.3, 0.4) is 0 Å². The lowest BCUT2D eigenvalue weighted by atomic mass is 10.0. The molecule has 0 amide bonds. The fourth-order valence-electron chi connectivity index (χ4n) is 2.27. The van der Waals surface area contributed by atoms with E-state index >= 15 is 0 Å². The molecule has 3 rings (SSSR count). The SMILES string of the molecule is Fc1cc(Cl)ccc1NCc1cccc2ccccc12. The highest BCUT2D eigenvalue weighted by atomic mass is 35.5. The van der Waals surface area contributed by atoms with Crippen LogP contribution in [0.2, 0.25) is 5.02 Å². The highest BCUT2D eigenvalue weighted by Crippen LogP contribution is 2.22. The maximum absolute atomic E-state index is 13.7. The van der Waals surface area contributed by atoms with Gasteiger partial charge in [0.2, 0.25) is 0 Å². The van der Waals surface area contributed by atoms with Gasteiger partial charge in [-0.15, -0.1) is 0 Å². The van der Waals surface area contributed by atoms with Gasteiger partial charge in [0.15, 0.2) is 0 Å². The molecule has 0 bridgehead atoms. The van der Waals surface area contributed by atoms with Gasteiger partial charge in [-0.2, -0.15) is 0 Å². The van der Waals surface area contributed by atoms with Crippen molar-refractivity contribution in [1.29, 1.82) is 0 Å². The number of anilines is 1. The summed E-state index contributed by atoms with van der Waals surface area (Å²) in [5.41, 5.74) is 1.60. The number of fused-ring (bicyclic) bond motifs is 1. The van der Waals surface area contributed by atoms with E-state index in [0.29, 0.717) is 17.3 Å². The van der Waals surface area contributed by atoms with E-state index in [-0.39, 0.29) is 5.82 Å². The van der Waals surface area contributed by atoms with Crippen molar-refractivity contribution in [3.63, 3.8) is 0 Å². The topological polar surface area (TPSA) is 12.0 Å². The zero-order valence-corrected chi connectivity index (χ0v) is 11.5. The molecular formula is C17H13ClFN. The van der Waals surface area contributed by atoms with Gasteiger partial charge in [0.05, 0.1) is 5.69 Å². The molecule has 0 saturated carbocycles. The number of nitrogens with one attached hydrogen (secondary N) is 1. The van der Waals surface area contributed by atoms with E-state index in [9.17, 15) is 4.39 Å². The normalized spacial score (nSPS) is 10.7. The molecule has 0 unspecified atom stereocenters. The molecular weight excluding hydrogens is 273 g/mol. The van der Waals surface area contributed by atoms with Crippen molar-refractivity contribution in [3.05, 3.63) is 77.1 Å². The summed E-state index contributed by atoms with van der Waals surface area (Å²) in [5, 5.41) is 5.88. The second-order valence-corrected chi connectivity index (χ2v) is 5.05. The number of benzene rings is 3. The van der Waals surface area contributed by atoms with Crippen molar-refractivity contribution in [2.75, 3.05) is 5.32 Å². The van der Waals surface area contributed by atoms with Crippen molar-refractivity contribution >= 4 is 28.1 Å². The summed E-state index contributed by atoms with van der Waals surface area (Å²) in [6, 6.07) is 18.9. The molecule has 1 nitrogen and oxygen atoms in total. The fraction of sp³-hybridized carbons (Fsp3) is 0.0588. The molecule has 0 heterocycles. The van der Waals surface area contributed by atoms with Crippen molar-refractivity contribution < 1.29 is 4.39 Å². The predicted octanol–water partition coefficient (Wildman–Crippen LogP) is 5.24. The average Bonchev–Trinajstić information content (AvgIpc) is 2.46. The van der Waals surface area contributed by atoms with Gasteiger partial charge in [-0.25, -0.2) is 4.39 Å². The Labute approximate surface area is 122 Å². The summed E-state index contributed by atoms with van der Waals surface area (Å²) in [6.45, 7) is 0.569. The molecule has 3 heteroatoms. The summed E-state index contributed by atoms with van der Waals surface area (Å²) < 4.78 is 13.7. The molecule has 100 valence electrons. The Kier molecular flexibility index (Phi) is 3.57. The minimum atomic E-state index is -0.335. The average molecular weight is 286 g/mol.